The number of hydrogen-bond acceptors (Lipinski definition) is 7. The zero-order chi connectivity index (χ0) is 30.6. The van der Waals surface area contributed by atoms with Gasteiger partial charge in [-0.3, -0.25) is 14.5 Å². The van der Waals surface area contributed by atoms with Crippen molar-refractivity contribution in [3.05, 3.63) is 101 Å². The lowest BCUT2D eigenvalue weighted by atomic mass is 9.58. The van der Waals surface area contributed by atoms with Crippen LogP contribution in [0, 0.1) is 17.8 Å². The van der Waals surface area contributed by atoms with E-state index in [1.807, 2.05) is 60.7 Å². The van der Waals surface area contributed by atoms with Crippen molar-refractivity contribution < 1.29 is 33.5 Å². The van der Waals surface area contributed by atoms with Crippen LogP contribution in [0.3, 0.4) is 0 Å². The fourth-order valence-corrected chi connectivity index (χ4v) is 7.08. The summed E-state index contributed by atoms with van der Waals surface area (Å²) in [4.78, 5) is 29.1. The number of anilines is 1. The maximum absolute atomic E-state index is 14.0. The van der Waals surface area contributed by atoms with Crippen molar-refractivity contribution in [2.75, 3.05) is 11.5 Å². The molecule has 8 nitrogen and oxygen atoms in total. The topological polar surface area (TPSA) is 109 Å². The Morgan fingerprint density at radius 3 is 2.45 bits per heavy atom. The highest BCUT2D eigenvalue weighted by atomic mass is 16.5. The van der Waals surface area contributed by atoms with Crippen LogP contribution >= 0.6 is 0 Å². The van der Waals surface area contributed by atoms with E-state index in [2.05, 4.69) is 6.92 Å². The molecule has 3 heterocycles. The molecule has 0 saturated carbocycles. The molecule has 1 aromatic heterocycles. The number of rotatable bonds is 11. The number of furan rings is 1. The van der Waals surface area contributed by atoms with Crippen LogP contribution in [0.1, 0.15) is 50.5 Å². The van der Waals surface area contributed by atoms with Crippen molar-refractivity contribution in [3.8, 4) is 5.75 Å². The first kappa shape index (κ1) is 30.1. The van der Waals surface area contributed by atoms with Crippen molar-refractivity contribution in [3.63, 3.8) is 0 Å². The van der Waals surface area contributed by atoms with Crippen LogP contribution in [0.2, 0.25) is 6.32 Å². The van der Waals surface area contributed by atoms with E-state index in [-0.39, 0.29) is 37.3 Å². The van der Waals surface area contributed by atoms with Crippen molar-refractivity contribution in [1.82, 2.24) is 0 Å². The number of hydrogen-bond donors (Lipinski definition) is 2. The predicted molar refractivity (Wildman–Crippen MR) is 167 cm³/mol. The van der Waals surface area contributed by atoms with Gasteiger partial charge in [-0.2, -0.15) is 0 Å². The van der Waals surface area contributed by atoms with Gasteiger partial charge in [0.1, 0.15) is 30.5 Å². The minimum absolute atomic E-state index is 0.154. The van der Waals surface area contributed by atoms with Crippen LogP contribution in [0.4, 0.5) is 5.69 Å². The summed E-state index contributed by atoms with van der Waals surface area (Å²) < 4.78 is 18.1. The summed E-state index contributed by atoms with van der Waals surface area (Å²) in [5.74, 6) is 0.0881. The van der Waals surface area contributed by atoms with E-state index in [9.17, 15) is 19.7 Å². The Bertz CT molecular complexity index is 1530. The Kier molecular flexibility index (Phi) is 9.16. The number of allylic oxidation sites excluding steroid dienone is 1. The summed E-state index contributed by atoms with van der Waals surface area (Å²) in [6.07, 6.45) is 5.34. The van der Waals surface area contributed by atoms with Crippen molar-refractivity contribution in [2.24, 2.45) is 17.8 Å². The predicted octanol–water partition coefficient (Wildman–Crippen LogP) is 5.82. The number of benzene rings is 2. The van der Waals surface area contributed by atoms with E-state index in [4.69, 9.17) is 13.8 Å². The lowest BCUT2D eigenvalue weighted by Gasteiger charge is -2.43. The fourth-order valence-electron chi connectivity index (χ4n) is 7.08. The molecule has 2 N–H and O–H groups in total. The Balaban J connectivity index is 1.32. The van der Waals surface area contributed by atoms with Crippen LogP contribution < -0.4 is 9.64 Å². The number of aliphatic hydroxyl groups is 1. The summed E-state index contributed by atoms with van der Waals surface area (Å²) in [5, 5.41) is 20.4. The van der Waals surface area contributed by atoms with Crippen molar-refractivity contribution in [1.29, 1.82) is 0 Å². The van der Waals surface area contributed by atoms with Gasteiger partial charge in [0.15, 0.2) is 0 Å². The molecule has 2 aromatic carbocycles. The minimum atomic E-state index is -1.05. The fraction of sp³-hybridized carbons (Fsp3) is 0.371. The van der Waals surface area contributed by atoms with Gasteiger partial charge >= 0.3 is 7.12 Å². The van der Waals surface area contributed by atoms with E-state index < -0.39 is 25.1 Å². The number of aliphatic hydroxyl groups excluding tert-OH is 1. The number of fused-ring (bicyclic) bond motifs is 3. The molecule has 3 aromatic rings. The molecule has 2 aliphatic heterocycles. The van der Waals surface area contributed by atoms with Gasteiger partial charge in [-0.15, -0.1) is 0 Å². The van der Waals surface area contributed by atoms with Gasteiger partial charge in [0, 0.05) is 0 Å². The van der Waals surface area contributed by atoms with Gasteiger partial charge in [0.05, 0.1) is 23.6 Å². The largest absolute Gasteiger partial charge is 0.489 e. The smallest absolute Gasteiger partial charge is 0.455 e. The van der Waals surface area contributed by atoms with Gasteiger partial charge in [-0.25, -0.2) is 0 Å². The molecule has 0 unspecified atom stereocenters. The number of carbonyl (C=O) groups is 2. The minimum Gasteiger partial charge on any atom is -0.489 e. The van der Waals surface area contributed by atoms with Gasteiger partial charge in [-0.05, 0) is 91.5 Å². The number of nitrogens with zero attached hydrogens (tertiary/aromatic N) is 1. The van der Waals surface area contributed by atoms with Gasteiger partial charge < -0.3 is 23.9 Å². The second-order valence-corrected chi connectivity index (χ2v) is 11.8. The van der Waals surface area contributed by atoms with E-state index >= 15 is 0 Å². The monoisotopic (exact) mass is 595 g/mol. The quantitative estimate of drug-likeness (QED) is 0.163. The van der Waals surface area contributed by atoms with Gasteiger partial charge in [-0.1, -0.05) is 55.3 Å². The Labute approximate surface area is 258 Å². The second-order valence-electron chi connectivity index (χ2n) is 11.8. The average molecular weight is 596 g/mol. The van der Waals surface area contributed by atoms with Crippen LogP contribution in [-0.4, -0.2) is 41.8 Å². The van der Waals surface area contributed by atoms with E-state index in [1.165, 1.54) is 10.5 Å². The summed E-state index contributed by atoms with van der Waals surface area (Å²) in [6, 6.07) is 22.2. The zero-order valence-corrected chi connectivity index (χ0v) is 24.9. The molecular weight excluding hydrogens is 557 g/mol. The third-order valence-electron chi connectivity index (χ3n) is 8.96. The third-order valence-corrected chi connectivity index (χ3v) is 8.96. The molecule has 0 spiro atoms. The van der Waals surface area contributed by atoms with E-state index in [0.717, 1.165) is 29.7 Å². The highest BCUT2D eigenvalue weighted by Gasteiger charge is 2.57. The van der Waals surface area contributed by atoms with Crippen molar-refractivity contribution in [2.45, 2.75) is 58.1 Å². The first-order chi connectivity index (χ1) is 21.5. The number of ether oxygens (including phenoxy) is 1. The Morgan fingerprint density at radius 2 is 1.75 bits per heavy atom. The maximum Gasteiger partial charge on any atom is 0.455 e. The Morgan fingerprint density at radius 1 is 1.00 bits per heavy atom. The molecule has 9 heteroatoms. The Hall–Kier alpha value is -3.92. The van der Waals surface area contributed by atoms with Crippen LogP contribution in [-0.2, 0) is 20.9 Å². The highest BCUT2D eigenvalue weighted by molar-refractivity contribution is 6.43. The first-order valence-corrected chi connectivity index (χ1v) is 15.5. The third kappa shape index (κ3) is 6.18. The van der Waals surface area contributed by atoms with Gasteiger partial charge in [0.2, 0.25) is 11.8 Å². The molecule has 228 valence electrons. The molecule has 6 rings (SSSR count). The highest BCUT2D eigenvalue weighted by Crippen LogP contribution is 2.51. The molecule has 4 atom stereocenters. The second kappa shape index (κ2) is 13.4. The lowest BCUT2D eigenvalue weighted by molar-refractivity contribution is -0.122. The van der Waals surface area contributed by atoms with Crippen molar-refractivity contribution >= 4 is 30.7 Å². The number of carbonyl (C=O) groups excluding carboxylic acids is 2. The molecular formula is C35H38BNO7. The van der Waals surface area contributed by atoms with Crippen LogP contribution in [0.25, 0.3) is 6.08 Å². The number of para-hydroxylation sites is 2. The lowest BCUT2D eigenvalue weighted by Crippen LogP contribution is -2.46. The zero-order valence-electron chi connectivity index (χ0n) is 24.9. The SMILES string of the molecule is CCC/C(=C\c1ccc(CO)o1)CC[C@H]1OB(O)C[C@H]2C1=C(COc1ccccc1)C[C@H]1C(=O)N(c3ccccc3)C(=O)[C@H]12. The van der Waals surface area contributed by atoms with Crippen LogP contribution in [0.15, 0.2) is 93.9 Å². The first-order valence-electron chi connectivity index (χ1n) is 15.5. The molecule has 1 aliphatic carbocycles. The molecule has 44 heavy (non-hydrogen) atoms. The van der Waals surface area contributed by atoms with Gasteiger partial charge in [0.25, 0.3) is 0 Å². The molecule has 0 bridgehead atoms. The molecule has 2 amide bonds. The van der Waals surface area contributed by atoms with Crippen LogP contribution in [0.5, 0.6) is 5.75 Å². The summed E-state index contributed by atoms with van der Waals surface area (Å²) in [7, 11) is -1.05. The molecule has 2 fully saturated rings. The molecule has 0 radical (unpaired) electrons. The van der Waals surface area contributed by atoms with E-state index in [0.29, 0.717) is 36.5 Å². The number of imide groups is 1. The maximum atomic E-state index is 14.0. The average Bonchev–Trinajstić information content (AvgIpc) is 3.60. The molecule has 2 saturated heterocycles. The summed E-state index contributed by atoms with van der Waals surface area (Å²) >= 11 is 0. The standard InChI is InChI=1S/C35H38BNO7/c1-2-9-23(18-27-15-16-28(21-38)43-27)14-17-31-32-24(22-42-26-12-7-4-8-13-26)19-29-33(30(32)20-36(41)44-31)35(40)37(34(29)39)25-10-5-3-6-11-25/h3-8,10-13,15-16,18,29-31,33,38,41H,2,9,14,17,19-22H2,1H3/b23-18+/t29-,30+,31-,33-/m1/s1. The van der Waals surface area contributed by atoms with E-state index in [1.54, 1.807) is 18.2 Å². The summed E-state index contributed by atoms with van der Waals surface area (Å²) in [5.41, 5.74) is 3.69. The summed E-state index contributed by atoms with van der Waals surface area (Å²) in [6.45, 7) is 2.24. The molecule has 3 aliphatic rings. The number of amides is 2. The normalized spacial score (nSPS) is 23.7.